The van der Waals surface area contributed by atoms with Crippen molar-refractivity contribution in [2.24, 2.45) is 0 Å². The van der Waals surface area contributed by atoms with Crippen LogP contribution in [0.15, 0.2) is 24.5 Å². The molecule has 0 saturated heterocycles. The van der Waals surface area contributed by atoms with E-state index in [1.165, 1.54) is 16.1 Å². The third-order valence-electron chi connectivity index (χ3n) is 2.42. The zero-order valence-corrected chi connectivity index (χ0v) is 11.0. The number of aryl methyl sites for hydroxylation is 1. The second-order valence-corrected chi connectivity index (χ2v) is 5.16. The fourth-order valence-electron chi connectivity index (χ4n) is 1.54. The molecular formula is C12H15N3OS. The van der Waals surface area contributed by atoms with E-state index in [0.717, 1.165) is 12.4 Å². The summed E-state index contributed by atoms with van der Waals surface area (Å²) in [6.45, 7) is 2.96. The van der Waals surface area contributed by atoms with Crippen molar-refractivity contribution >= 4 is 17.2 Å². The van der Waals surface area contributed by atoms with E-state index in [0.29, 0.717) is 5.88 Å². The standard InChI is InChI=1S/C12H15N3OS/c1-9-4-5-10(17-9)7-15(2)11-6-12(16-3)14-8-13-11/h4-6,8H,7H2,1-3H3. The highest BCUT2D eigenvalue weighted by Gasteiger charge is 2.06. The molecule has 0 spiro atoms. The minimum atomic E-state index is 0.587. The zero-order valence-electron chi connectivity index (χ0n) is 10.2. The molecule has 0 bridgehead atoms. The quantitative estimate of drug-likeness (QED) is 0.834. The topological polar surface area (TPSA) is 38.2 Å². The Hall–Kier alpha value is -1.62. The average Bonchev–Trinajstić information content (AvgIpc) is 2.75. The van der Waals surface area contributed by atoms with E-state index in [1.807, 2.05) is 13.1 Å². The fourth-order valence-corrected chi connectivity index (χ4v) is 2.48. The van der Waals surface area contributed by atoms with E-state index in [1.54, 1.807) is 18.4 Å². The number of ether oxygens (including phenoxy) is 1. The molecule has 5 heteroatoms. The van der Waals surface area contributed by atoms with E-state index in [4.69, 9.17) is 4.74 Å². The van der Waals surface area contributed by atoms with Crippen molar-refractivity contribution < 1.29 is 4.74 Å². The number of aromatic nitrogens is 2. The number of methoxy groups -OCH3 is 1. The summed E-state index contributed by atoms with van der Waals surface area (Å²) in [5.74, 6) is 1.45. The van der Waals surface area contributed by atoms with Crippen molar-refractivity contribution in [1.82, 2.24) is 9.97 Å². The van der Waals surface area contributed by atoms with Gasteiger partial charge in [-0.3, -0.25) is 0 Å². The van der Waals surface area contributed by atoms with Gasteiger partial charge in [-0.1, -0.05) is 0 Å². The SMILES string of the molecule is COc1cc(N(C)Cc2ccc(C)s2)ncn1. The molecule has 0 unspecified atom stereocenters. The first-order valence-corrected chi connectivity index (χ1v) is 6.13. The first kappa shape index (κ1) is 11.9. The second-order valence-electron chi connectivity index (χ2n) is 3.79. The van der Waals surface area contributed by atoms with Gasteiger partial charge in [-0.2, -0.15) is 0 Å². The van der Waals surface area contributed by atoms with Crippen molar-refractivity contribution in [1.29, 1.82) is 0 Å². The van der Waals surface area contributed by atoms with Crippen LogP contribution in [-0.2, 0) is 6.54 Å². The van der Waals surface area contributed by atoms with Crippen LogP contribution in [0.4, 0.5) is 5.82 Å². The third kappa shape index (κ3) is 2.94. The van der Waals surface area contributed by atoms with Gasteiger partial charge in [-0.05, 0) is 19.1 Å². The Balaban J connectivity index is 2.11. The van der Waals surface area contributed by atoms with Crippen molar-refractivity contribution in [2.45, 2.75) is 13.5 Å². The van der Waals surface area contributed by atoms with Crippen LogP contribution in [0.1, 0.15) is 9.75 Å². The maximum Gasteiger partial charge on any atom is 0.218 e. The number of rotatable bonds is 4. The van der Waals surface area contributed by atoms with Gasteiger partial charge < -0.3 is 9.64 Å². The van der Waals surface area contributed by atoms with Gasteiger partial charge in [0.25, 0.3) is 0 Å². The van der Waals surface area contributed by atoms with E-state index >= 15 is 0 Å². The summed E-state index contributed by atoms with van der Waals surface area (Å²) >= 11 is 1.80. The monoisotopic (exact) mass is 249 g/mol. The Morgan fingerprint density at radius 2 is 2.18 bits per heavy atom. The first-order chi connectivity index (χ1) is 8.19. The highest BCUT2D eigenvalue weighted by atomic mass is 32.1. The highest BCUT2D eigenvalue weighted by Crippen LogP contribution is 2.20. The zero-order chi connectivity index (χ0) is 12.3. The van der Waals surface area contributed by atoms with Gasteiger partial charge in [0.2, 0.25) is 5.88 Å². The van der Waals surface area contributed by atoms with Gasteiger partial charge in [-0.25, -0.2) is 9.97 Å². The van der Waals surface area contributed by atoms with Crippen LogP contribution in [0.25, 0.3) is 0 Å². The van der Waals surface area contributed by atoms with Crippen LogP contribution in [0.2, 0.25) is 0 Å². The molecule has 2 rings (SSSR count). The molecule has 0 amide bonds. The van der Waals surface area contributed by atoms with Gasteiger partial charge in [0, 0.05) is 22.9 Å². The lowest BCUT2D eigenvalue weighted by molar-refractivity contribution is 0.397. The summed E-state index contributed by atoms with van der Waals surface area (Å²) in [5.41, 5.74) is 0. The molecule has 0 aliphatic carbocycles. The van der Waals surface area contributed by atoms with Crippen LogP contribution < -0.4 is 9.64 Å². The molecule has 17 heavy (non-hydrogen) atoms. The van der Waals surface area contributed by atoms with Crippen molar-refractivity contribution in [3.63, 3.8) is 0 Å². The van der Waals surface area contributed by atoms with E-state index in [2.05, 4.69) is 33.9 Å². The lowest BCUT2D eigenvalue weighted by atomic mass is 10.4. The molecule has 2 aromatic heterocycles. The van der Waals surface area contributed by atoms with E-state index in [9.17, 15) is 0 Å². The van der Waals surface area contributed by atoms with Crippen molar-refractivity contribution in [3.05, 3.63) is 34.3 Å². The number of hydrogen-bond donors (Lipinski definition) is 0. The summed E-state index contributed by atoms with van der Waals surface area (Å²) in [7, 11) is 3.62. The van der Waals surface area contributed by atoms with Gasteiger partial charge in [-0.15, -0.1) is 11.3 Å². The van der Waals surface area contributed by atoms with E-state index < -0.39 is 0 Å². The fraction of sp³-hybridized carbons (Fsp3) is 0.333. The molecule has 0 fully saturated rings. The molecule has 0 saturated carbocycles. The van der Waals surface area contributed by atoms with Crippen LogP contribution in [-0.4, -0.2) is 24.1 Å². The first-order valence-electron chi connectivity index (χ1n) is 5.31. The van der Waals surface area contributed by atoms with Crippen LogP contribution in [0, 0.1) is 6.92 Å². The highest BCUT2D eigenvalue weighted by molar-refractivity contribution is 7.11. The van der Waals surface area contributed by atoms with Gasteiger partial charge in [0.15, 0.2) is 0 Å². The molecule has 2 aromatic rings. The summed E-state index contributed by atoms with van der Waals surface area (Å²) in [6, 6.07) is 6.11. The largest absolute Gasteiger partial charge is 0.481 e. The molecule has 0 aliphatic rings. The van der Waals surface area contributed by atoms with Gasteiger partial charge in [0.1, 0.15) is 12.1 Å². The molecule has 0 aliphatic heterocycles. The Bertz CT molecular complexity index is 498. The Kier molecular flexibility index (Phi) is 3.58. The summed E-state index contributed by atoms with van der Waals surface area (Å²) < 4.78 is 5.08. The minimum absolute atomic E-state index is 0.587. The lowest BCUT2D eigenvalue weighted by Crippen LogP contribution is -2.17. The molecular weight excluding hydrogens is 234 g/mol. The number of hydrogen-bond acceptors (Lipinski definition) is 5. The molecule has 0 radical (unpaired) electrons. The molecule has 4 nitrogen and oxygen atoms in total. The van der Waals surface area contributed by atoms with Crippen LogP contribution in [0.3, 0.4) is 0 Å². The minimum Gasteiger partial charge on any atom is -0.481 e. The Morgan fingerprint density at radius 3 is 2.82 bits per heavy atom. The molecule has 0 aromatic carbocycles. The smallest absolute Gasteiger partial charge is 0.218 e. The normalized spacial score (nSPS) is 10.3. The summed E-state index contributed by atoms with van der Waals surface area (Å²) in [6.07, 6.45) is 1.52. The lowest BCUT2D eigenvalue weighted by Gasteiger charge is -2.17. The van der Waals surface area contributed by atoms with Gasteiger partial charge in [0.05, 0.1) is 13.7 Å². The average molecular weight is 249 g/mol. The molecule has 0 atom stereocenters. The predicted molar refractivity (Wildman–Crippen MR) is 69.7 cm³/mol. The maximum atomic E-state index is 5.08. The number of nitrogens with zero attached hydrogens (tertiary/aromatic N) is 3. The molecule has 2 heterocycles. The number of anilines is 1. The predicted octanol–water partition coefficient (Wildman–Crippen LogP) is 2.49. The Morgan fingerprint density at radius 1 is 1.35 bits per heavy atom. The molecule has 90 valence electrons. The number of thiophene rings is 1. The second kappa shape index (κ2) is 5.14. The maximum absolute atomic E-state index is 5.08. The summed E-state index contributed by atoms with van der Waals surface area (Å²) in [5, 5.41) is 0. The van der Waals surface area contributed by atoms with Crippen molar-refractivity contribution in [3.8, 4) is 5.88 Å². The summed E-state index contributed by atoms with van der Waals surface area (Å²) in [4.78, 5) is 13.0. The molecule has 0 N–H and O–H groups in total. The van der Waals surface area contributed by atoms with Crippen LogP contribution in [0.5, 0.6) is 5.88 Å². The van der Waals surface area contributed by atoms with E-state index in [-0.39, 0.29) is 0 Å². The van der Waals surface area contributed by atoms with Gasteiger partial charge >= 0.3 is 0 Å². The van der Waals surface area contributed by atoms with Crippen molar-refractivity contribution in [2.75, 3.05) is 19.1 Å². The van der Waals surface area contributed by atoms with Crippen LogP contribution >= 0.6 is 11.3 Å². The third-order valence-corrected chi connectivity index (χ3v) is 3.40. The Labute approximate surface area is 105 Å².